The number of amides is 2. The lowest BCUT2D eigenvalue weighted by Crippen LogP contribution is -2.54. The molecule has 0 aromatic heterocycles. The van der Waals surface area contributed by atoms with Crippen molar-refractivity contribution in [3.63, 3.8) is 0 Å². The maximum atomic E-state index is 13.8. The van der Waals surface area contributed by atoms with Crippen molar-refractivity contribution in [2.45, 2.75) is 84.7 Å². The topological polar surface area (TPSA) is 71.0 Å². The Balaban J connectivity index is 1.26. The molecule has 2 amide bonds. The Kier molecular flexibility index (Phi) is 6.35. The van der Waals surface area contributed by atoms with Crippen LogP contribution in [0.4, 0.5) is 10.5 Å². The Hall–Kier alpha value is -3.15. The van der Waals surface area contributed by atoms with E-state index in [1.165, 1.54) is 48.6 Å². The zero-order valence-corrected chi connectivity index (χ0v) is 24.1. The Labute approximate surface area is 232 Å². The van der Waals surface area contributed by atoms with E-state index in [0.717, 1.165) is 36.1 Å². The predicted molar refractivity (Wildman–Crippen MR) is 155 cm³/mol. The molecule has 39 heavy (non-hydrogen) atoms. The molecule has 0 radical (unpaired) electrons. The number of benzene rings is 2. The molecule has 2 aromatic rings. The molecule has 2 aromatic carbocycles. The van der Waals surface area contributed by atoms with E-state index in [4.69, 9.17) is 9.73 Å². The summed E-state index contributed by atoms with van der Waals surface area (Å²) in [5.74, 6) is 1.48. The first kappa shape index (κ1) is 26.1. The minimum Gasteiger partial charge on any atom is -0.453 e. The van der Waals surface area contributed by atoms with Crippen LogP contribution in [0.25, 0.3) is 11.1 Å². The van der Waals surface area contributed by atoms with E-state index >= 15 is 0 Å². The molecular formula is C33H41N3O3. The van der Waals surface area contributed by atoms with Crippen LogP contribution in [0.15, 0.2) is 35.3 Å². The molecule has 206 valence electrons. The average molecular weight is 528 g/mol. The van der Waals surface area contributed by atoms with Crippen LogP contribution in [0, 0.1) is 24.2 Å². The van der Waals surface area contributed by atoms with Crippen molar-refractivity contribution in [2.24, 2.45) is 22.2 Å². The predicted octanol–water partition coefficient (Wildman–Crippen LogP) is 6.35. The van der Waals surface area contributed by atoms with Gasteiger partial charge in [0.15, 0.2) is 0 Å². The lowest BCUT2D eigenvalue weighted by molar-refractivity contribution is -0.134. The third kappa shape index (κ3) is 4.46. The van der Waals surface area contributed by atoms with E-state index in [9.17, 15) is 9.59 Å². The number of hydrogen-bond acceptors (Lipinski definition) is 4. The molecule has 2 fully saturated rings. The van der Waals surface area contributed by atoms with Gasteiger partial charge in [0.25, 0.3) is 0 Å². The molecule has 4 atom stereocenters. The number of aliphatic imine (C=N–C) groups is 1. The summed E-state index contributed by atoms with van der Waals surface area (Å²) in [5, 5.41) is 2.77. The first-order valence-corrected chi connectivity index (χ1v) is 14.5. The van der Waals surface area contributed by atoms with E-state index in [2.05, 4.69) is 56.4 Å². The molecular weight excluding hydrogens is 486 g/mol. The van der Waals surface area contributed by atoms with Gasteiger partial charge in [0, 0.05) is 18.7 Å². The number of carbonyl (C=O) groups excluding carboxylic acids is 2. The van der Waals surface area contributed by atoms with Gasteiger partial charge in [-0.2, -0.15) is 0 Å². The molecule has 2 aliphatic heterocycles. The van der Waals surface area contributed by atoms with E-state index in [-0.39, 0.29) is 23.3 Å². The highest BCUT2D eigenvalue weighted by atomic mass is 16.5. The lowest BCUT2D eigenvalue weighted by atomic mass is 9.73. The van der Waals surface area contributed by atoms with Crippen molar-refractivity contribution in [3.05, 3.63) is 52.6 Å². The summed E-state index contributed by atoms with van der Waals surface area (Å²) in [6.45, 7) is 11.2. The van der Waals surface area contributed by atoms with Crippen molar-refractivity contribution in [2.75, 3.05) is 13.7 Å². The zero-order valence-electron chi connectivity index (χ0n) is 24.1. The molecule has 6 nitrogen and oxygen atoms in total. The molecule has 1 saturated carbocycles. The molecule has 1 N–H and O–H groups in total. The second kappa shape index (κ2) is 9.50. The monoisotopic (exact) mass is 527 g/mol. The fourth-order valence-corrected chi connectivity index (χ4v) is 7.51. The van der Waals surface area contributed by atoms with Crippen LogP contribution in [0.2, 0.25) is 0 Å². The Morgan fingerprint density at radius 1 is 1.15 bits per heavy atom. The molecule has 6 rings (SSSR count). The van der Waals surface area contributed by atoms with Gasteiger partial charge in [0.05, 0.1) is 18.8 Å². The highest BCUT2D eigenvalue weighted by Gasteiger charge is 2.46. The van der Waals surface area contributed by atoms with Gasteiger partial charge in [0.1, 0.15) is 6.04 Å². The molecule has 1 saturated heterocycles. The first-order chi connectivity index (χ1) is 18.6. The van der Waals surface area contributed by atoms with Gasteiger partial charge in [-0.25, -0.2) is 4.79 Å². The normalized spacial score (nSPS) is 24.9. The smallest absolute Gasteiger partial charge is 0.407 e. The summed E-state index contributed by atoms with van der Waals surface area (Å²) in [6, 6.07) is 10.6. The van der Waals surface area contributed by atoms with Crippen molar-refractivity contribution < 1.29 is 14.3 Å². The Bertz CT molecular complexity index is 1370. The SMILES string of the molecule is COC(=O)N[C@H](C(=O)N1CC(C)(C)C[C@H]1C1=Nc2ccc(-c3ccc(C)c4c3CC3CCC43)cc2C1)C(C)C. The van der Waals surface area contributed by atoms with Crippen molar-refractivity contribution in [3.8, 4) is 11.1 Å². The van der Waals surface area contributed by atoms with E-state index in [1.807, 2.05) is 18.7 Å². The van der Waals surface area contributed by atoms with Crippen LogP contribution in [0.5, 0.6) is 0 Å². The average Bonchev–Trinajstić information content (AvgIpc) is 3.53. The number of fused-ring (bicyclic) bond motifs is 4. The summed E-state index contributed by atoms with van der Waals surface area (Å²) in [6.07, 6.45) is 4.94. The maximum absolute atomic E-state index is 13.8. The minimum atomic E-state index is -0.635. The second-order valence-corrected chi connectivity index (χ2v) is 13.3. The molecule has 2 heterocycles. The number of rotatable bonds is 5. The highest BCUT2D eigenvalue weighted by Crippen LogP contribution is 2.54. The molecule has 2 unspecified atom stereocenters. The van der Waals surface area contributed by atoms with Crippen LogP contribution in [0.3, 0.4) is 0 Å². The van der Waals surface area contributed by atoms with Crippen LogP contribution in [-0.4, -0.2) is 48.4 Å². The van der Waals surface area contributed by atoms with Gasteiger partial charge in [-0.15, -0.1) is 0 Å². The van der Waals surface area contributed by atoms with E-state index < -0.39 is 12.1 Å². The molecule has 0 bridgehead atoms. The number of alkyl carbamates (subject to hydrolysis) is 1. The second-order valence-electron chi connectivity index (χ2n) is 13.3. The van der Waals surface area contributed by atoms with Gasteiger partial charge >= 0.3 is 6.09 Å². The van der Waals surface area contributed by atoms with Crippen LogP contribution in [-0.2, 0) is 22.4 Å². The van der Waals surface area contributed by atoms with E-state index in [0.29, 0.717) is 6.54 Å². The van der Waals surface area contributed by atoms with Gasteiger partial charge in [-0.05, 0) is 101 Å². The van der Waals surface area contributed by atoms with Gasteiger partial charge < -0.3 is 15.0 Å². The number of nitrogens with zero attached hydrogens (tertiary/aromatic N) is 2. The Morgan fingerprint density at radius 2 is 1.95 bits per heavy atom. The summed E-state index contributed by atoms with van der Waals surface area (Å²) in [5.41, 5.74) is 10.6. The van der Waals surface area contributed by atoms with Gasteiger partial charge in [-0.1, -0.05) is 45.9 Å². The summed E-state index contributed by atoms with van der Waals surface area (Å²) >= 11 is 0. The quantitative estimate of drug-likeness (QED) is 0.493. The van der Waals surface area contributed by atoms with Crippen LogP contribution >= 0.6 is 0 Å². The largest absolute Gasteiger partial charge is 0.453 e. The van der Waals surface area contributed by atoms with Gasteiger partial charge in [-0.3, -0.25) is 9.79 Å². The summed E-state index contributed by atoms with van der Waals surface area (Å²) < 4.78 is 4.81. The third-order valence-electron chi connectivity index (χ3n) is 9.64. The number of nitrogens with one attached hydrogen (secondary N) is 1. The lowest BCUT2D eigenvalue weighted by Gasteiger charge is -2.31. The maximum Gasteiger partial charge on any atom is 0.407 e. The number of carbonyl (C=O) groups is 2. The molecule has 6 heteroatoms. The number of ether oxygens (including phenoxy) is 1. The third-order valence-corrected chi connectivity index (χ3v) is 9.64. The summed E-state index contributed by atoms with van der Waals surface area (Å²) in [7, 11) is 1.33. The fraction of sp³-hybridized carbons (Fsp3) is 0.545. The number of likely N-dealkylation sites (tertiary alicyclic amines) is 1. The van der Waals surface area contributed by atoms with Gasteiger partial charge in [0.2, 0.25) is 5.91 Å². The van der Waals surface area contributed by atoms with Crippen molar-refractivity contribution in [1.29, 1.82) is 0 Å². The number of hydrogen-bond donors (Lipinski definition) is 1. The fourth-order valence-electron chi connectivity index (χ4n) is 7.51. The Morgan fingerprint density at radius 3 is 2.64 bits per heavy atom. The van der Waals surface area contributed by atoms with Crippen molar-refractivity contribution >= 4 is 23.4 Å². The standard InChI is InChI=1S/C33H41N3O3/c1-18(2)30(35-32(38)39-6)31(37)36-17-33(4,5)16-28(36)27-15-22-13-20(9-12-26(22)34-27)23-10-7-19(3)29-24-11-8-21(24)14-25(23)29/h7,9-10,12-13,18,21,24,28,30H,8,11,14-17H2,1-6H3,(H,35,38)/t21?,24?,28-,30-/m0/s1. The minimum absolute atomic E-state index is 0.0304. The molecule has 2 aliphatic carbocycles. The van der Waals surface area contributed by atoms with Crippen LogP contribution < -0.4 is 5.32 Å². The highest BCUT2D eigenvalue weighted by molar-refractivity contribution is 6.01. The molecule has 0 spiro atoms. The van der Waals surface area contributed by atoms with E-state index in [1.54, 1.807) is 11.1 Å². The number of methoxy groups -OCH3 is 1. The first-order valence-electron chi connectivity index (χ1n) is 14.5. The molecule has 4 aliphatic rings. The zero-order chi connectivity index (χ0) is 27.6. The number of aryl methyl sites for hydroxylation is 1. The van der Waals surface area contributed by atoms with Crippen LogP contribution in [0.1, 0.15) is 75.1 Å². The summed E-state index contributed by atoms with van der Waals surface area (Å²) in [4.78, 5) is 32.8. The van der Waals surface area contributed by atoms with Crippen molar-refractivity contribution in [1.82, 2.24) is 10.2 Å².